The number of aliphatic carboxylic acids is 1. The van der Waals surface area contributed by atoms with Crippen LogP contribution in [0.2, 0.25) is 0 Å². The summed E-state index contributed by atoms with van der Waals surface area (Å²) in [4.78, 5) is 9.00. The molecule has 0 unspecified atom stereocenters. The molecule has 2 nitrogen and oxygen atoms in total. The summed E-state index contributed by atoms with van der Waals surface area (Å²) >= 11 is 1.82. The zero-order chi connectivity index (χ0) is 19.9. The van der Waals surface area contributed by atoms with Crippen LogP contribution in [-0.4, -0.2) is 91.1 Å². The van der Waals surface area contributed by atoms with E-state index in [1.54, 1.807) is 0 Å². The number of carboxylic acids is 1. The van der Waals surface area contributed by atoms with E-state index in [-0.39, 0.29) is 0 Å². The maximum atomic E-state index is 9.00. The Kier molecular flexibility index (Phi) is 68.9. The van der Waals surface area contributed by atoms with Crippen LogP contribution in [0.3, 0.4) is 0 Å². The van der Waals surface area contributed by atoms with Gasteiger partial charge in [-0.2, -0.15) is 0 Å². The fraction of sp³-hybridized carbons (Fsp3) is 0.929. The summed E-state index contributed by atoms with van der Waals surface area (Å²) in [7, 11) is 6.09. The molecule has 0 fully saturated rings. The van der Waals surface area contributed by atoms with Crippen LogP contribution < -0.4 is 0 Å². The SMILES string of the molecule is CC(=O)O.CP(C)C.CP(C)C.CP(C)C.CP(C)C.[Cl][Ru]. The average molecular weight is 501 g/mol. The van der Waals surface area contributed by atoms with Gasteiger partial charge in [0.25, 0.3) is 5.97 Å². The van der Waals surface area contributed by atoms with Crippen molar-refractivity contribution in [2.45, 2.75) is 6.92 Å². The number of carbonyl (C=O) groups is 1. The van der Waals surface area contributed by atoms with Gasteiger partial charge in [-0.15, -0.1) is 31.7 Å². The normalized spacial score (nSPS) is 7.95. The predicted octanol–water partition coefficient (Wildman–Crippen LogP) is 6.21. The molecule has 0 aromatic carbocycles. The van der Waals surface area contributed by atoms with Crippen LogP contribution >= 0.6 is 41.4 Å². The third-order valence-electron chi connectivity index (χ3n) is 0. The Morgan fingerprint density at radius 3 is 0.636 bits per heavy atom. The Labute approximate surface area is 161 Å². The molecule has 0 atom stereocenters. The Hall–Kier alpha value is 2.10. The van der Waals surface area contributed by atoms with Crippen molar-refractivity contribution in [3.8, 4) is 0 Å². The summed E-state index contributed by atoms with van der Waals surface area (Å²) in [5, 5.41) is 7.42. The van der Waals surface area contributed by atoms with Crippen molar-refractivity contribution in [3.63, 3.8) is 0 Å². The van der Waals surface area contributed by atoms with E-state index in [1.807, 2.05) is 17.3 Å². The first kappa shape index (κ1) is 39.3. The Morgan fingerprint density at radius 1 is 0.636 bits per heavy atom. The number of hydrogen-bond acceptors (Lipinski definition) is 1. The summed E-state index contributed by atoms with van der Waals surface area (Å²) in [6, 6.07) is 0. The van der Waals surface area contributed by atoms with Crippen LogP contribution in [0.25, 0.3) is 0 Å². The minimum absolute atomic E-state index is 0.380. The second kappa shape index (κ2) is 38.6. The van der Waals surface area contributed by atoms with Gasteiger partial charge in [-0.05, 0) is 80.0 Å². The predicted molar refractivity (Wildman–Crippen MR) is 118 cm³/mol. The van der Waals surface area contributed by atoms with E-state index in [0.29, 0.717) is 31.7 Å². The van der Waals surface area contributed by atoms with Gasteiger partial charge in [-0.1, -0.05) is 0 Å². The first-order valence-electron chi connectivity index (χ1n) is 6.43. The van der Waals surface area contributed by atoms with Gasteiger partial charge in [0.05, 0.1) is 0 Å². The van der Waals surface area contributed by atoms with Crippen molar-refractivity contribution in [3.05, 3.63) is 0 Å². The first-order valence-corrected chi connectivity index (χ1v) is 19.4. The fourth-order valence-corrected chi connectivity index (χ4v) is 0. The summed E-state index contributed by atoms with van der Waals surface area (Å²) in [5.41, 5.74) is 0. The van der Waals surface area contributed by atoms with Crippen LogP contribution in [0.15, 0.2) is 0 Å². The first-order chi connectivity index (χ1) is 9.66. The Morgan fingerprint density at radius 2 is 0.636 bits per heavy atom. The van der Waals surface area contributed by atoms with Gasteiger partial charge in [-0.3, -0.25) is 4.79 Å². The zero-order valence-electron chi connectivity index (χ0n) is 16.9. The average Bonchev–Trinajstić information content (AvgIpc) is 2.14. The van der Waals surface area contributed by atoms with Gasteiger partial charge in [0.1, 0.15) is 0 Å². The van der Waals surface area contributed by atoms with Crippen molar-refractivity contribution in [1.29, 1.82) is 0 Å². The van der Waals surface area contributed by atoms with Gasteiger partial charge in [0.15, 0.2) is 0 Å². The molecule has 0 rings (SSSR count). The second-order valence-electron chi connectivity index (χ2n) is 5.89. The summed E-state index contributed by atoms with van der Waals surface area (Å²) in [6.07, 6.45) is 0. The van der Waals surface area contributed by atoms with Crippen molar-refractivity contribution < 1.29 is 27.2 Å². The van der Waals surface area contributed by atoms with Crippen LogP contribution in [0.4, 0.5) is 0 Å². The maximum absolute atomic E-state index is 9.00. The van der Waals surface area contributed by atoms with E-state index in [0.717, 1.165) is 6.92 Å². The van der Waals surface area contributed by atoms with E-state index in [4.69, 9.17) is 9.90 Å². The molecule has 0 spiro atoms. The molecule has 0 aromatic rings. The van der Waals surface area contributed by atoms with E-state index in [2.05, 4.69) is 89.7 Å². The molecule has 22 heavy (non-hydrogen) atoms. The number of halogens is 1. The van der Waals surface area contributed by atoms with Crippen molar-refractivity contribution in [2.75, 3.05) is 80.0 Å². The van der Waals surface area contributed by atoms with E-state index in [9.17, 15) is 0 Å². The van der Waals surface area contributed by atoms with E-state index in [1.165, 1.54) is 0 Å². The van der Waals surface area contributed by atoms with Crippen molar-refractivity contribution in [2.24, 2.45) is 0 Å². The van der Waals surface area contributed by atoms with Gasteiger partial charge in [0.2, 0.25) is 0 Å². The zero-order valence-corrected chi connectivity index (χ0v) is 22.9. The molecule has 0 aromatic heterocycles. The molecule has 0 saturated carbocycles. The molecule has 1 N–H and O–H groups in total. The van der Waals surface area contributed by atoms with Crippen LogP contribution in [-0.2, 0) is 22.1 Å². The number of hydrogen-bond donors (Lipinski definition) is 1. The molecule has 0 radical (unpaired) electrons. The molecule has 143 valence electrons. The number of rotatable bonds is 0. The minimum atomic E-state index is -0.833. The Bertz CT molecular complexity index is 134. The van der Waals surface area contributed by atoms with E-state index >= 15 is 0 Å². The third kappa shape index (κ3) is 2220. The second-order valence-corrected chi connectivity index (χ2v) is 16.6. The molecule has 0 aliphatic carbocycles. The monoisotopic (exact) mass is 501 g/mol. The standard InChI is InChI=1S/4C3H9P.C2H4O2.ClH.Ru/c4*1-4(2)3;1-2(3)4;;/h4*1-3H3;1H3,(H,3,4);1H;/q;;;;;;+1/p-1. The molecule has 0 bridgehead atoms. The fourth-order valence-electron chi connectivity index (χ4n) is 0. The molecular formula is C14H40ClO2P4Ru. The van der Waals surface area contributed by atoms with Crippen LogP contribution in [0.5, 0.6) is 0 Å². The molecular weight excluding hydrogens is 461 g/mol. The van der Waals surface area contributed by atoms with Gasteiger partial charge in [0, 0.05) is 6.92 Å². The molecule has 0 aliphatic heterocycles. The molecule has 0 amide bonds. The quantitative estimate of drug-likeness (QED) is 0.317. The van der Waals surface area contributed by atoms with Gasteiger partial charge in [-0.25, -0.2) is 0 Å². The molecule has 0 heterocycles. The summed E-state index contributed by atoms with van der Waals surface area (Å²) in [6.45, 7) is 27.9. The molecule has 8 heteroatoms. The number of carboxylic acid groups (broad SMARTS) is 1. The molecule has 0 aliphatic rings. The molecule has 0 saturated heterocycles. The Balaban J connectivity index is -0.0000000353. The van der Waals surface area contributed by atoms with Crippen molar-refractivity contribution in [1.82, 2.24) is 0 Å². The van der Waals surface area contributed by atoms with Gasteiger partial charge >= 0.3 is 27.0 Å². The topological polar surface area (TPSA) is 37.3 Å². The third-order valence-corrected chi connectivity index (χ3v) is 0. The van der Waals surface area contributed by atoms with E-state index < -0.39 is 5.97 Å². The van der Waals surface area contributed by atoms with Gasteiger partial charge < -0.3 is 5.11 Å². The summed E-state index contributed by atoms with van der Waals surface area (Å²) in [5.74, 6) is -0.833. The van der Waals surface area contributed by atoms with Crippen LogP contribution in [0.1, 0.15) is 6.92 Å². The van der Waals surface area contributed by atoms with Crippen molar-refractivity contribution >= 4 is 47.3 Å². The van der Waals surface area contributed by atoms with Crippen LogP contribution in [0, 0.1) is 0 Å². The summed E-state index contributed by atoms with van der Waals surface area (Å²) < 4.78 is 0.